The number of hydrogen-bond acceptors (Lipinski definition) is 2. The molecule has 0 fully saturated rings. The van der Waals surface area contributed by atoms with Gasteiger partial charge < -0.3 is 0 Å². The molecule has 4 nitrogen and oxygen atoms in total. The molecule has 3 rings (SSSR count). The summed E-state index contributed by atoms with van der Waals surface area (Å²) in [5, 5.41) is 0. The van der Waals surface area contributed by atoms with Crippen molar-refractivity contribution in [3.63, 3.8) is 0 Å². The van der Waals surface area contributed by atoms with Gasteiger partial charge in [0.25, 0.3) is 0 Å². The molecule has 2 heterocycles. The van der Waals surface area contributed by atoms with Crippen molar-refractivity contribution in [2.24, 2.45) is 0 Å². The highest BCUT2D eigenvalue weighted by Gasteiger charge is 2.18. The third-order valence-corrected chi connectivity index (χ3v) is 2.88. The zero-order chi connectivity index (χ0) is 11.3. The summed E-state index contributed by atoms with van der Waals surface area (Å²) in [7, 11) is 0. The van der Waals surface area contributed by atoms with Gasteiger partial charge in [0.1, 0.15) is 0 Å². The van der Waals surface area contributed by atoms with Gasteiger partial charge in [0.05, 0.1) is 11.0 Å². The van der Waals surface area contributed by atoms with Crippen LogP contribution in [0.5, 0.6) is 0 Å². The Morgan fingerprint density at radius 3 is 2.94 bits per heavy atom. The van der Waals surface area contributed by atoms with Crippen molar-refractivity contribution >= 4 is 23.0 Å². The summed E-state index contributed by atoms with van der Waals surface area (Å²) >= 11 is 0. The van der Waals surface area contributed by atoms with Crippen molar-refractivity contribution < 1.29 is 4.79 Å². The first kappa shape index (κ1) is 9.15. The van der Waals surface area contributed by atoms with Crippen molar-refractivity contribution in [2.75, 3.05) is 0 Å². The fourth-order valence-electron chi connectivity index (χ4n) is 2.24. The Hall–Kier alpha value is -2.10. The van der Waals surface area contributed by atoms with Crippen LogP contribution in [0.2, 0.25) is 0 Å². The molecule has 0 spiro atoms. The number of aromatic nitrogens is 2. The van der Waals surface area contributed by atoms with Gasteiger partial charge in [-0.1, -0.05) is 24.3 Å². The Morgan fingerprint density at radius 1 is 1.38 bits per heavy atom. The Morgan fingerprint density at radius 2 is 2.19 bits per heavy atom. The van der Waals surface area contributed by atoms with E-state index < -0.39 is 0 Å². The summed E-state index contributed by atoms with van der Waals surface area (Å²) < 4.78 is 2.86. The smallest absolute Gasteiger partial charge is 0.287 e. The molecule has 0 aliphatic carbocycles. The van der Waals surface area contributed by atoms with Crippen molar-refractivity contribution in [3.8, 4) is 0 Å². The lowest BCUT2D eigenvalue weighted by Gasteiger charge is -2.07. The fraction of sp³-hybridized carbons (Fsp3) is 0.167. The predicted octanol–water partition coefficient (Wildman–Crippen LogP) is 1.49. The summed E-state index contributed by atoms with van der Waals surface area (Å²) in [6.07, 6.45) is 3.90. The highest BCUT2D eigenvalue weighted by atomic mass is 16.2. The lowest BCUT2D eigenvalue weighted by molar-refractivity contribution is 0.0936. The summed E-state index contributed by atoms with van der Waals surface area (Å²) in [6.45, 7) is 1.94. The van der Waals surface area contributed by atoms with E-state index in [-0.39, 0.29) is 11.6 Å². The number of rotatable bonds is 0. The molecule has 4 heteroatoms. The zero-order valence-electron chi connectivity index (χ0n) is 8.80. The summed E-state index contributed by atoms with van der Waals surface area (Å²) in [4.78, 5) is 23.5. The Bertz CT molecular complexity index is 689. The van der Waals surface area contributed by atoms with Crippen LogP contribution in [-0.2, 0) is 6.54 Å². The van der Waals surface area contributed by atoms with E-state index in [4.69, 9.17) is 0 Å². The van der Waals surface area contributed by atoms with E-state index in [2.05, 4.69) is 0 Å². The molecule has 0 saturated carbocycles. The molecule has 80 valence electrons. The predicted molar refractivity (Wildman–Crippen MR) is 61.5 cm³/mol. The van der Waals surface area contributed by atoms with Crippen molar-refractivity contribution in [2.45, 2.75) is 13.5 Å². The zero-order valence-corrected chi connectivity index (χ0v) is 8.80. The van der Waals surface area contributed by atoms with Gasteiger partial charge in [0, 0.05) is 19.0 Å². The number of imidazole rings is 1. The second-order valence-electron chi connectivity index (χ2n) is 3.86. The molecule has 2 aromatic rings. The average Bonchev–Trinajstić information content (AvgIpc) is 2.55. The van der Waals surface area contributed by atoms with Gasteiger partial charge in [-0.05, 0) is 6.07 Å². The van der Waals surface area contributed by atoms with Gasteiger partial charge in [-0.3, -0.25) is 9.36 Å². The van der Waals surface area contributed by atoms with E-state index in [1.165, 1.54) is 11.5 Å². The van der Waals surface area contributed by atoms with Gasteiger partial charge >= 0.3 is 5.69 Å². The van der Waals surface area contributed by atoms with Gasteiger partial charge in [-0.25, -0.2) is 9.36 Å². The molecule has 0 saturated heterocycles. The standard InChI is InChI=1S/C12H10N2O2/c1-8(15)14-10-6-2-4-9-5-3-7-13(11(9)10)12(14)16/h2-6H,7H2,1H3. The van der Waals surface area contributed by atoms with Crippen molar-refractivity contribution in [1.29, 1.82) is 0 Å². The second-order valence-corrected chi connectivity index (χ2v) is 3.86. The van der Waals surface area contributed by atoms with Gasteiger partial charge in [-0.2, -0.15) is 0 Å². The van der Waals surface area contributed by atoms with Gasteiger partial charge in [0.15, 0.2) is 0 Å². The van der Waals surface area contributed by atoms with E-state index in [9.17, 15) is 9.59 Å². The molecule has 0 amide bonds. The maximum Gasteiger partial charge on any atom is 0.336 e. The van der Waals surface area contributed by atoms with Crippen LogP contribution in [-0.4, -0.2) is 15.0 Å². The highest BCUT2D eigenvalue weighted by Crippen LogP contribution is 2.22. The topological polar surface area (TPSA) is 44.0 Å². The third kappa shape index (κ3) is 0.984. The molecule has 0 unspecified atom stereocenters. The van der Waals surface area contributed by atoms with Crippen LogP contribution in [0, 0.1) is 0 Å². The Labute approximate surface area is 91.4 Å². The summed E-state index contributed by atoms with van der Waals surface area (Å²) in [6, 6.07) is 5.60. The lowest BCUT2D eigenvalue weighted by Crippen LogP contribution is -2.27. The molecule has 1 aliphatic heterocycles. The maximum atomic E-state index is 12.0. The SMILES string of the molecule is CC(=O)n1c(=O)n2c3c(cccc31)C=CC2. The number of benzene rings is 1. The molecular formula is C12H10N2O2. The number of allylic oxidation sites excluding steroid dienone is 1. The van der Waals surface area contributed by atoms with Gasteiger partial charge in [0.2, 0.25) is 5.91 Å². The largest absolute Gasteiger partial charge is 0.336 e. The first-order valence-electron chi connectivity index (χ1n) is 5.12. The molecule has 1 aromatic carbocycles. The third-order valence-electron chi connectivity index (χ3n) is 2.88. The minimum absolute atomic E-state index is 0.243. The number of nitrogens with zero attached hydrogens (tertiary/aromatic N) is 2. The molecule has 16 heavy (non-hydrogen) atoms. The second kappa shape index (κ2) is 2.95. The van der Waals surface area contributed by atoms with Crippen LogP contribution >= 0.6 is 0 Å². The molecular weight excluding hydrogens is 204 g/mol. The van der Waals surface area contributed by atoms with Crippen LogP contribution in [0.1, 0.15) is 17.3 Å². The van der Waals surface area contributed by atoms with E-state index in [0.29, 0.717) is 12.1 Å². The number of carbonyl (C=O) groups is 1. The molecule has 0 radical (unpaired) electrons. The monoisotopic (exact) mass is 214 g/mol. The summed E-state index contributed by atoms with van der Waals surface area (Å²) in [5.74, 6) is -0.243. The molecule has 0 bridgehead atoms. The molecule has 1 aliphatic rings. The fourth-order valence-corrected chi connectivity index (χ4v) is 2.24. The first-order chi connectivity index (χ1) is 7.70. The quantitative estimate of drug-likeness (QED) is 0.666. The number of para-hydroxylation sites is 1. The number of hydrogen-bond donors (Lipinski definition) is 0. The normalized spacial score (nSPS) is 13.3. The minimum atomic E-state index is -0.251. The average molecular weight is 214 g/mol. The maximum absolute atomic E-state index is 12.0. The molecule has 0 N–H and O–H groups in total. The lowest BCUT2D eigenvalue weighted by atomic mass is 10.1. The molecule has 0 atom stereocenters. The van der Waals surface area contributed by atoms with Crippen molar-refractivity contribution in [1.82, 2.24) is 9.13 Å². The number of carbonyl (C=O) groups excluding carboxylic acids is 1. The van der Waals surface area contributed by atoms with Crippen molar-refractivity contribution in [3.05, 3.63) is 40.3 Å². The molecule has 1 aromatic heterocycles. The van der Waals surface area contributed by atoms with E-state index in [1.807, 2.05) is 24.3 Å². The van der Waals surface area contributed by atoms with Crippen LogP contribution in [0.15, 0.2) is 29.1 Å². The van der Waals surface area contributed by atoms with Crippen LogP contribution in [0.3, 0.4) is 0 Å². The Balaban J connectivity index is 2.59. The van der Waals surface area contributed by atoms with E-state index in [1.54, 1.807) is 10.6 Å². The minimum Gasteiger partial charge on any atom is -0.287 e. The Kier molecular flexibility index (Phi) is 1.68. The van der Waals surface area contributed by atoms with Crippen LogP contribution in [0.25, 0.3) is 17.1 Å². The summed E-state index contributed by atoms with van der Waals surface area (Å²) in [5.41, 5.74) is 2.28. The highest BCUT2D eigenvalue weighted by molar-refractivity contribution is 5.93. The van der Waals surface area contributed by atoms with Gasteiger partial charge in [-0.15, -0.1) is 0 Å². The van der Waals surface area contributed by atoms with E-state index >= 15 is 0 Å². The van der Waals surface area contributed by atoms with Crippen LogP contribution < -0.4 is 5.69 Å². The van der Waals surface area contributed by atoms with E-state index in [0.717, 1.165) is 11.1 Å². The first-order valence-corrected chi connectivity index (χ1v) is 5.12. The van der Waals surface area contributed by atoms with Crippen LogP contribution in [0.4, 0.5) is 0 Å².